The molecule has 2 aliphatic rings. The Hall–Kier alpha value is -2.63. The lowest BCUT2D eigenvalue weighted by Gasteiger charge is -2.32. The first kappa shape index (κ1) is 28.4. The zero-order valence-electron chi connectivity index (χ0n) is 22.0. The van der Waals surface area contributed by atoms with Gasteiger partial charge >= 0.3 is 13.1 Å². The number of amides is 1. The lowest BCUT2D eigenvalue weighted by Crippen LogP contribution is -2.48. The van der Waals surface area contributed by atoms with Crippen LogP contribution in [0.2, 0.25) is 5.02 Å². The molecule has 2 aromatic carbocycles. The van der Waals surface area contributed by atoms with Gasteiger partial charge in [-0.25, -0.2) is 4.79 Å². The van der Waals surface area contributed by atoms with E-state index in [2.05, 4.69) is 4.90 Å². The van der Waals surface area contributed by atoms with Crippen LogP contribution >= 0.6 is 11.6 Å². The molecule has 1 atom stereocenters. The van der Waals surface area contributed by atoms with Crippen molar-refractivity contribution in [2.45, 2.75) is 40.0 Å². The summed E-state index contributed by atoms with van der Waals surface area (Å²) in [4.78, 5) is 29.8. The Morgan fingerprint density at radius 1 is 1.21 bits per heavy atom. The van der Waals surface area contributed by atoms with Gasteiger partial charge in [-0.15, -0.1) is 0 Å². The van der Waals surface area contributed by atoms with E-state index in [-0.39, 0.29) is 19.1 Å². The summed E-state index contributed by atoms with van der Waals surface area (Å²) in [7, 11) is -1.11. The fraction of sp³-hybridized carbons (Fsp3) is 0.481. The second kappa shape index (κ2) is 12.5. The number of fused-ring (bicyclic) bond motifs is 1. The van der Waals surface area contributed by atoms with E-state index in [0.29, 0.717) is 52.7 Å². The lowest BCUT2D eigenvalue weighted by atomic mass is 9.75. The molecule has 38 heavy (non-hydrogen) atoms. The van der Waals surface area contributed by atoms with Gasteiger partial charge in [-0.1, -0.05) is 37.6 Å². The van der Waals surface area contributed by atoms with Gasteiger partial charge in [0.2, 0.25) is 0 Å². The third kappa shape index (κ3) is 6.32. The predicted molar refractivity (Wildman–Crippen MR) is 144 cm³/mol. The molecule has 0 spiro atoms. The Morgan fingerprint density at radius 3 is 2.63 bits per heavy atom. The van der Waals surface area contributed by atoms with Crippen LogP contribution in [-0.4, -0.2) is 84.4 Å². The van der Waals surface area contributed by atoms with Crippen LogP contribution in [0.25, 0.3) is 0 Å². The highest BCUT2D eigenvalue weighted by Gasteiger charge is 2.36. The van der Waals surface area contributed by atoms with Gasteiger partial charge in [-0.2, -0.15) is 0 Å². The van der Waals surface area contributed by atoms with Crippen LogP contribution in [0.3, 0.4) is 0 Å². The Labute approximate surface area is 228 Å². The second-order valence-electron chi connectivity index (χ2n) is 10.0. The van der Waals surface area contributed by atoms with E-state index < -0.39 is 25.0 Å². The quantitative estimate of drug-likeness (QED) is 0.439. The number of nitrogens with zero attached hydrogens (tertiary/aromatic N) is 2. The molecule has 1 fully saturated rings. The van der Waals surface area contributed by atoms with Crippen LogP contribution in [0.5, 0.6) is 5.75 Å². The molecule has 9 nitrogen and oxygen atoms in total. The molecule has 0 aliphatic carbocycles. The fourth-order valence-corrected chi connectivity index (χ4v) is 5.20. The number of morpholine rings is 1. The molecule has 2 aliphatic heterocycles. The Bertz CT molecular complexity index is 1170. The monoisotopic (exact) mass is 544 g/mol. The number of carboxylic acid groups (broad SMARTS) is 1. The van der Waals surface area contributed by atoms with E-state index in [9.17, 15) is 19.7 Å². The second-order valence-corrected chi connectivity index (χ2v) is 10.4. The minimum absolute atomic E-state index is 0.0422. The summed E-state index contributed by atoms with van der Waals surface area (Å²) < 4.78 is 16.7. The molecule has 2 aromatic rings. The highest BCUT2D eigenvalue weighted by atomic mass is 35.5. The first-order chi connectivity index (χ1) is 18.2. The van der Waals surface area contributed by atoms with E-state index in [1.807, 2.05) is 0 Å². The first-order valence-electron chi connectivity index (χ1n) is 12.8. The van der Waals surface area contributed by atoms with Gasteiger partial charge in [0.05, 0.1) is 24.8 Å². The number of halogens is 1. The van der Waals surface area contributed by atoms with Crippen molar-refractivity contribution in [1.29, 1.82) is 0 Å². The largest absolute Gasteiger partial charge is 0.492 e. The molecule has 0 radical (unpaired) electrons. The standard InChI is InChI=1S/C27H34BClN2O7/c1-17(2)25(27(33)34)31(26(32)21-6-5-20-16-38-28(35)24(20)18(21)3)15-19-4-7-22(29)23(14-19)37-13-10-30-8-11-36-12-9-30/h4-7,14,17,25,35H,8-13,15-16H2,1-3H3,(H,33,34)/t25-/m0/s1. The number of aliphatic carboxylic acids is 1. The summed E-state index contributed by atoms with van der Waals surface area (Å²) in [6, 6.07) is 7.57. The van der Waals surface area contributed by atoms with Crippen molar-refractivity contribution in [2.24, 2.45) is 5.92 Å². The van der Waals surface area contributed by atoms with E-state index in [1.54, 1.807) is 51.1 Å². The first-order valence-corrected chi connectivity index (χ1v) is 13.2. The molecule has 1 saturated heterocycles. The number of benzene rings is 2. The van der Waals surface area contributed by atoms with Crippen LogP contribution in [0.1, 0.15) is 40.9 Å². The average Bonchev–Trinajstić information content (AvgIpc) is 3.27. The SMILES string of the molecule is Cc1c(C(=O)N(Cc2ccc(Cl)c(OCCN3CCOCC3)c2)[C@H](C(=O)O)C(C)C)ccc2c1B(O)OC2. The summed E-state index contributed by atoms with van der Waals surface area (Å²) in [5.74, 6) is -1.39. The van der Waals surface area contributed by atoms with E-state index >= 15 is 0 Å². The number of rotatable bonds is 10. The van der Waals surface area contributed by atoms with Crippen LogP contribution in [0.4, 0.5) is 0 Å². The van der Waals surface area contributed by atoms with Gasteiger partial charge < -0.3 is 29.2 Å². The lowest BCUT2D eigenvalue weighted by molar-refractivity contribution is -0.144. The Kier molecular flexibility index (Phi) is 9.33. The number of ether oxygens (including phenoxy) is 2. The van der Waals surface area contributed by atoms with Gasteiger partial charge in [0.1, 0.15) is 18.4 Å². The van der Waals surface area contributed by atoms with Crippen molar-refractivity contribution in [2.75, 3.05) is 39.5 Å². The van der Waals surface area contributed by atoms with Crippen molar-refractivity contribution in [3.63, 3.8) is 0 Å². The zero-order chi connectivity index (χ0) is 27.4. The highest BCUT2D eigenvalue weighted by Crippen LogP contribution is 2.28. The summed E-state index contributed by atoms with van der Waals surface area (Å²) >= 11 is 6.40. The minimum atomic E-state index is -1.11. The van der Waals surface area contributed by atoms with Gasteiger partial charge in [0.15, 0.2) is 0 Å². The highest BCUT2D eigenvalue weighted by molar-refractivity contribution is 6.62. The van der Waals surface area contributed by atoms with Crippen molar-refractivity contribution in [1.82, 2.24) is 9.80 Å². The van der Waals surface area contributed by atoms with E-state index in [4.69, 9.17) is 25.7 Å². The molecule has 2 heterocycles. The summed E-state index contributed by atoms with van der Waals surface area (Å²) in [6.07, 6.45) is 0. The normalized spacial score (nSPS) is 16.4. The molecule has 204 valence electrons. The molecule has 11 heteroatoms. The van der Waals surface area contributed by atoms with Gasteiger partial charge in [-0.3, -0.25) is 9.69 Å². The molecule has 0 bridgehead atoms. The number of carbonyl (C=O) groups excluding carboxylic acids is 1. The average molecular weight is 545 g/mol. The maximum atomic E-state index is 13.9. The molecule has 0 saturated carbocycles. The maximum Gasteiger partial charge on any atom is 0.492 e. The van der Waals surface area contributed by atoms with Crippen molar-refractivity contribution in [3.05, 3.63) is 57.6 Å². The molecule has 0 aromatic heterocycles. The molecule has 2 N–H and O–H groups in total. The fourth-order valence-electron chi connectivity index (χ4n) is 5.03. The van der Waals surface area contributed by atoms with Gasteiger partial charge in [0, 0.05) is 31.7 Å². The summed E-state index contributed by atoms with van der Waals surface area (Å²) in [5, 5.41) is 20.8. The Balaban J connectivity index is 1.58. The number of hydrogen-bond acceptors (Lipinski definition) is 7. The molecular formula is C27H34BClN2O7. The molecular weight excluding hydrogens is 511 g/mol. The van der Waals surface area contributed by atoms with Crippen molar-refractivity contribution < 1.29 is 33.8 Å². The topological polar surface area (TPSA) is 109 Å². The maximum absolute atomic E-state index is 13.9. The third-order valence-corrected chi connectivity index (χ3v) is 7.39. The van der Waals surface area contributed by atoms with E-state index in [0.717, 1.165) is 25.2 Å². The van der Waals surface area contributed by atoms with Crippen LogP contribution in [0, 0.1) is 12.8 Å². The zero-order valence-corrected chi connectivity index (χ0v) is 22.7. The number of hydrogen-bond donors (Lipinski definition) is 2. The molecule has 1 amide bonds. The predicted octanol–water partition coefficient (Wildman–Crippen LogP) is 2.33. The summed E-state index contributed by atoms with van der Waals surface area (Å²) in [6.45, 7) is 9.88. The molecule has 0 unspecified atom stereocenters. The van der Waals surface area contributed by atoms with Gasteiger partial charge in [-0.05, 0) is 53.2 Å². The third-order valence-electron chi connectivity index (χ3n) is 7.08. The van der Waals surface area contributed by atoms with E-state index in [1.165, 1.54) is 4.90 Å². The minimum Gasteiger partial charge on any atom is -0.491 e. The van der Waals surface area contributed by atoms with Crippen molar-refractivity contribution >= 4 is 36.1 Å². The Morgan fingerprint density at radius 2 is 1.95 bits per heavy atom. The van der Waals surface area contributed by atoms with Crippen LogP contribution in [0.15, 0.2) is 30.3 Å². The summed E-state index contributed by atoms with van der Waals surface area (Å²) in [5.41, 5.74) is 2.98. The smallest absolute Gasteiger partial charge is 0.491 e. The van der Waals surface area contributed by atoms with Crippen LogP contribution < -0.4 is 10.2 Å². The van der Waals surface area contributed by atoms with Gasteiger partial charge in [0.25, 0.3) is 5.91 Å². The van der Waals surface area contributed by atoms with Crippen molar-refractivity contribution in [3.8, 4) is 5.75 Å². The number of carboxylic acids is 1. The van der Waals surface area contributed by atoms with Crippen LogP contribution in [-0.2, 0) is 27.3 Å². The number of carbonyl (C=O) groups is 2. The molecule has 4 rings (SSSR count).